The molecule has 0 aliphatic heterocycles. The molecule has 1 aromatic heterocycles. The van der Waals surface area contributed by atoms with E-state index in [0.29, 0.717) is 29.6 Å². The maximum absolute atomic E-state index is 12.3. The van der Waals surface area contributed by atoms with Gasteiger partial charge < -0.3 is 9.84 Å². The summed E-state index contributed by atoms with van der Waals surface area (Å²) in [6.45, 7) is 2.19. The average Bonchev–Trinajstić information content (AvgIpc) is 2.46. The standard InChI is InChI=1S/C14H16N2O4/c1-9(14(18)19)12-10-5-3-4-6-11(10)13(17)16(15-12)7-8-20-2/h3-6,9H,7-8H2,1-2H3,(H,18,19)/t9-/m0/s1. The Hall–Kier alpha value is -2.21. The molecule has 6 heteroatoms. The minimum Gasteiger partial charge on any atom is -0.481 e. The number of hydrogen-bond donors (Lipinski definition) is 1. The number of hydrogen-bond acceptors (Lipinski definition) is 4. The van der Waals surface area contributed by atoms with Gasteiger partial charge in [-0.1, -0.05) is 18.2 Å². The molecule has 20 heavy (non-hydrogen) atoms. The molecule has 0 saturated heterocycles. The molecule has 1 N–H and O–H groups in total. The predicted octanol–water partition coefficient (Wildman–Crippen LogP) is 1.23. The lowest BCUT2D eigenvalue weighted by Gasteiger charge is -2.13. The van der Waals surface area contributed by atoms with Crippen LogP contribution in [0.25, 0.3) is 10.8 Å². The summed E-state index contributed by atoms with van der Waals surface area (Å²) in [5.41, 5.74) is 0.155. The highest BCUT2D eigenvalue weighted by Gasteiger charge is 2.20. The van der Waals surface area contributed by atoms with Gasteiger partial charge >= 0.3 is 5.97 Å². The van der Waals surface area contributed by atoms with Crippen molar-refractivity contribution in [1.29, 1.82) is 0 Å². The number of carboxylic acid groups (broad SMARTS) is 1. The maximum Gasteiger partial charge on any atom is 0.312 e. The number of methoxy groups -OCH3 is 1. The SMILES string of the molecule is COCCn1nc([C@H](C)C(=O)O)c2ccccc2c1=O. The summed E-state index contributed by atoms with van der Waals surface area (Å²) in [6, 6.07) is 6.92. The first-order valence-electron chi connectivity index (χ1n) is 6.27. The molecule has 2 aromatic rings. The molecule has 0 unspecified atom stereocenters. The van der Waals surface area contributed by atoms with Crippen LogP contribution in [-0.2, 0) is 16.1 Å². The number of nitrogens with zero attached hydrogens (tertiary/aromatic N) is 2. The molecular weight excluding hydrogens is 260 g/mol. The van der Waals surface area contributed by atoms with Crippen LogP contribution in [0.5, 0.6) is 0 Å². The van der Waals surface area contributed by atoms with Crippen molar-refractivity contribution in [2.75, 3.05) is 13.7 Å². The molecule has 0 saturated carbocycles. The molecule has 106 valence electrons. The fourth-order valence-electron chi connectivity index (χ4n) is 2.03. The summed E-state index contributed by atoms with van der Waals surface area (Å²) < 4.78 is 6.21. The van der Waals surface area contributed by atoms with Gasteiger partial charge in [-0.25, -0.2) is 4.68 Å². The van der Waals surface area contributed by atoms with E-state index in [2.05, 4.69) is 5.10 Å². The van der Waals surface area contributed by atoms with Crippen LogP contribution in [0.2, 0.25) is 0 Å². The highest BCUT2D eigenvalue weighted by molar-refractivity contribution is 5.88. The summed E-state index contributed by atoms with van der Waals surface area (Å²) in [4.78, 5) is 23.5. The molecule has 1 aromatic carbocycles. The molecule has 0 amide bonds. The van der Waals surface area contributed by atoms with E-state index in [1.807, 2.05) is 0 Å². The minimum atomic E-state index is -0.973. The Kier molecular flexibility index (Phi) is 4.14. The van der Waals surface area contributed by atoms with Crippen molar-refractivity contribution in [2.24, 2.45) is 0 Å². The molecule has 0 bridgehead atoms. The Morgan fingerprint density at radius 1 is 1.40 bits per heavy atom. The molecule has 1 atom stereocenters. The summed E-state index contributed by atoms with van der Waals surface area (Å²) in [7, 11) is 1.53. The van der Waals surface area contributed by atoms with Crippen molar-refractivity contribution in [3.05, 3.63) is 40.3 Å². The van der Waals surface area contributed by atoms with Gasteiger partial charge in [0.15, 0.2) is 0 Å². The highest BCUT2D eigenvalue weighted by Crippen LogP contribution is 2.21. The zero-order valence-electron chi connectivity index (χ0n) is 11.4. The second-order valence-electron chi connectivity index (χ2n) is 4.51. The Balaban J connectivity index is 2.69. The third kappa shape index (κ3) is 2.55. The molecule has 0 radical (unpaired) electrons. The Morgan fingerprint density at radius 2 is 2.05 bits per heavy atom. The van der Waals surface area contributed by atoms with E-state index in [0.717, 1.165) is 0 Å². The maximum atomic E-state index is 12.3. The van der Waals surface area contributed by atoms with Gasteiger partial charge in [0.05, 0.1) is 30.1 Å². The molecular formula is C14H16N2O4. The number of aromatic nitrogens is 2. The lowest BCUT2D eigenvalue weighted by atomic mass is 10.0. The van der Waals surface area contributed by atoms with E-state index in [4.69, 9.17) is 4.74 Å². The van der Waals surface area contributed by atoms with Crippen LogP contribution in [0.1, 0.15) is 18.5 Å². The third-order valence-corrected chi connectivity index (χ3v) is 3.18. The van der Waals surface area contributed by atoms with E-state index in [-0.39, 0.29) is 5.56 Å². The van der Waals surface area contributed by atoms with Crippen LogP contribution in [0.3, 0.4) is 0 Å². The van der Waals surface area contributed by atoms with Crippen LogP contribution >= 0.6 is 0 Å². The zero-order valence-corrected chi connectivity index (χ0v) is 11.4. The molecule has 2 rings (SSSR count). The number of rotatable bonds is 5. The number of carboxylic acids is 1. The lowest BCUT2D eigenvalue weighted by molar-refractivity contribution is -0.138. The van der Waals surface area contributed by atoms with Crippen molar-refractivity contribution >= 4 is 16.7 Å². The first-order chi connectivity index (χ1) is 9.56. The first kappa shape index (κ1) is 14.2. The number of fused-ring (bicyclic) bond motifs is 1. The van der Waals surface area contributed by atoms with Crippen molar-refractivity contribution in [2.45, 2.75) is 19.4 Å². The Labute approximate surface area is 115 Å². The van der Waals surface area contributed by atoms with E-state index < -0.39 is 11.9 Å². The van der Waals surface area contributed by atoms with Gasteiger partial charge in [0.1, 0.15) is 0 Å². The Morgan fingerprint density at radius 3 is 2.65 bits per heavy atom. The summed E-state index contributed by atoms with van der Waals surface area (Å²) in [5.74, 6) is -1.76. The van der Waals surface area contributed by atoms with Crippen LogP contribution in [0, 0.1) is 0 Å². The van der Waals surface area contributed by atoms with Crippen LogP contribution < -0.4 is 5.56 Å². The van der Waals surface area contributed by atoms with Gasteiger partial charge in [-0.2, -0.15) is 5.10 Å². The zero-order chi connectivity index (χ0) is 14.7. The summed E-state index contributed by atoms with van der Waals surface area (Å²) in [6.07, 6.45) is 0. The van der Waals surface area contributed by atoms with E-state index in [9.17, 15) is 14.7 Å². The quantitative estimate of drug-likeness (QED) is 0.888. The van der Waals surface area contributed by atoms with E-state index >= 15 is 0 Å². The third-order valence-electron chi connectivity index (χ3n) is 3.18. The summed E-state index contributed by atoms with van der Waals surface area (Å²) >= 11 is 0. The van der Waals surface area contributed by atoms with E-state index in [1.54, 1.807) is 31.2 Å². The van der Waals surface area contributed by atoms with Crippen LogP contribution in [0.15, 0.2) is 29.1 Å². The number of carbonyl (C=O) groups is 1. The second kappa shape index (κ2) is 5.83. The van der Waals surface area contributed by atoms with Gasteiger partial charge in [0, 0.05) is 12.5 Å². The Bertz CT molecular complexity index is 693. The molecule has 0 aliphatic rings. The summed E-state index contributed by atoms with van der Waals surface area (Å²) in [5, 5.41) is 14.4. The monoisotopic (exact) mass is 276 g/mol. The smallest absolute Gasteiger partial charge is 0.312 e. The fraction of sp³-hybridized carbons (Fsp3) is 0.357. The molecule has 6 nitrogen and oxygen atoms in total. The largest absolute Gasteiger partial charge is 0.481 e. The van der Waals surface area contributed by atoms with Crippen molar-refractivity contribution in [3.8, 4) is 0 Å². The number of ether oxygens (including phenoxy) is 1. The van der Waals surface area contributed by atoms with Gasteiger partial charge in [-0.15, -0.1) is 0 Å². The normalized spacial score (nSPS) is 12.5. The van der Waals surface area contributed by atoms with Crippen molar-refractivity contribution < 1.29 is 14.6 Å². The van der Waals surface area contributed by atoms with Crippen LogP contribution in [-0.4, -0.2) is 34.6 Å². The first-order valence-corrected chi connectivity index (χ1v) is 6.27. The second-order valence-corrected chi connectivity index (χ2v) is 4.51. The van der Waals surface area contributed by atoms with Crippen molar-refractivity contribution in [3.63, 3.8) is 0 Å². The molecule has 0 spiro atoms. The van der Waals surface area contributed by atoms with Gasteiger partial charge in [-0.3, -0.25) is 9.59 Å². The van der Waals surface area contributed by atoms with Gasteiger partial charge in [-0.05, 0) is 13.0 Å². The minimum absolute atomic E-state index is 0.237. The highest BCUT2D eigenvalue weighted by atomic mass is 16.5. The van der Waals surface area contributed by atoms with Gasteiger partial charge in [0.25, 0.3) is 5.56 Å². The number of aliphatic carboxylic acids is 1. The van der Waals surface area contributed by atoms with Gasteiger partial charge in [0.2, 0.25) is 0 Å². The molecule has 0 aliphatic carbocycles. The molecule has 1 heterocycles. The topological polar surface area (TPSA) is 81.4 Å². The van der Waals surface area contributed by atoms with Crippen LogP contribution in [0.4, 0.5) is 0 Å². The lowest BCUT2D eigenvalue weighted by Crippen LogP contribution is -2.27. The van der Waals surface area contributed by atoms with E-state index in [1.165, 1.54) is 11.8 Å². The fourth-order valence-corrected chi connectivity index (χ4v) is 2.03. The average molecular weight is 276 g/mol. The number of benzene rings is 1. The predicted molar refractivity (Wildman–Crippen MR) is 73.9 cm³/mol. The van der Waals surface area contributed by atoms with Crippen molar-refractivity contribution in [1.82, 2.24) is 9.78 Å². The molecule has 0 fully saturated rings.